The summed E-state index contributed by atoms with van der Waals surface area (Å²) < 4.78 is 6.19. The van der Waals surface area contributed by atoms with Crippen LogP contribution in [0.5, 0.6) is 0 Å². The summed E-state index contributed by atoms with van der Waals surface area (Å²) in [6, 6.07) is 18.0. The molecule has 3 aliphatic heterocycles. The molecule has 5 nitrogen and oxygen atoms in total. The van der Waals surface area contributed by atoms with Gasteiger partial charge in [-0.1, -0.05) is 72.3 Å². The molecule has 0 aromatic heterocycles. The second kappa shape index (κ2) is 6.85. The second-order valence-electron chi connectivity index (χ2n) is 8.28. The summed E-state index contributed by atoms with van der Waals surface area (Å²) in [5.74, 6) is -1.02. The minimum atomic E-state index is -0.665. The molecule has 0 radical (unpaired) electrons. The molecule has 148 valence electrons. The van der Waals surface area contributed by atoms with E-state index in [0.29, 0.717) is 19.6 Å². The van der Waals surface area contributed by atoms with E-state index in [0.717, 1.165) is 11.1 Å². The van der Waals surface area contributed by atoms with Crippen LogP contribution < -0.4 is 5.32 Å². The van der Waals surface area contributed by atoms with Crippen molar-refractivity contribution in [2.24, 2.45) is 11.8 Å². The van der Waals surface area contributed by atoms with Crippen molar-refractivity contribution in [1.29, 1.82) is 0 Å². The average molecular weight is 388 g/mol. The summed E-state index contributed by atoms with van der Waals surface area (Å²) in [4.78, 5) is 28.1. The number of carbonyl (C=O) groups is 2. The third-order valence-electron chi connectivity index (χ3n) is 6.29. The van der Waals surface area contributed by atoms with Crippen molar-refractivity contribution in [3.8, 4) is 0 Å². The van der Waals surface area contributed by atoms with E-state index in [4.69, 9.17) is 4.74 Å². The normalized spacial score (nSPS) is 29.3. The molecule has 0 aliphatic carbocycles. The number of hydrogen-bond acceptors (Lipinski definition) is 3. The molecule has 5 heteroatoms. The Labute approximate surface area is 170 Å². The maximum absolute atomic E-state index is 13.3. The van der Waals surface area contributed by atoms with Gasteiger partial charge in [-0.15, -0.1) is 0 Å². The molecule has 1 spiro atoms. The molecule has 5 rings (SSSR count). The van der Waals surface area contributed by atoms with Gasteiger partial charge in [0.05, 0.1) is 24.5 Å². The second-order valence-corrected chi connectivity index (χ2v) is 8.28. The summed E-state index contributed by atoms with van der Waals surface area (Å²) in [5.41, 5.74) is 2.65. The van der Waals surface area contributed by atoms with E-state index < -0.39 is 17.4 Å². The van der Waals surface area contributed by atoms with Crippen molar-refractivity contribution in [2.75, 3.05) is 6.54 Å². The van der Waals surface area contributed by atoms with Crippen molar-refractivity contribution in [3.05, 3.63) is 83.4 Å². The monoisotopic (exact) mass is 388 g/mol. The van der Waals surface area contributed by atoms with E-state index in [-0.39, 0.29) is 17.9 Å². The Kier molecular flexibility index (Phi) is 4.28. The number of amides is 2. The lowest BCUT2D eigenvalue weighted by Gasteiger charge is -2.23. The van der Waals surface area contributed by atoms with E-state index in [1.54, 1.807) is 0 Å². The molecule has 3 heterocycles. The van der Waals surface area contributed by atoms with Gasteiger partial charge in [-0.25, -0.2) is 0 Å². The van der Waals surface area contributed by atoms with Crippen LogP contribution >= 0.6 is 0 Å². The van der Waals surface area contributed by atoms with E-state index in [2.05, 4.69) is 17.4 Å². The SMILES string of the molecule is Cc1ccc(CN2C[C@@]34C=C[C@H](O3)[C@@H](C(=O)NCc3ccccc3)[C@H]4C2=O)cc1. The van der Waals surface area contributed by atoms with E-state index >= 15 is 0 Å². The summed E-state index contributed by atoms with van der Waals surface area (Å²) in [6.07, 6.45) is 3.63. The lowest BCUT2D eigenvalue weighted by molar-refractivity contribution is -0.137. The van der Waals surface area contributed by atoms with Gasteiger partial charge in [-0.3, -0.25) is 9.59 Å². The lowest BCUT2D eigenvalue weighted by Crippen LogP contribution is -2.43. The van der Waals surface area contributed by atoms with Gasteiger partial charge >= 0.3 is 0 Å². The third-order valence-corrected chi connectivity index (χ3v) is 6.29. The molecular formula is C24H24N2O3. The van der Waals surface area contributed by atoms with Gasteiger partial charge in [-0.2, -0.15) is 0 Å². The molecule has 29 heavy (non-hydrogen) atoms. The molecule has 2 bridgehead atoms. The average Bonchev–Trinajstić information content (AvgIpc) is 3.37. The molecule has 2 aromatic carbocycles. The minimum Gasteiger partial charge on any atom is -0.360 e. The molecule has 0 saturated carbocycles. The van der Waals surface area contributed by atoms with Gasteiger partial charge in [0.25, 0.3) is 0 Å². The number of nitrogens with zero attached hydrogens (tertiary/aromatic N) is 1. The number of fused-ring (bicyclic) bond motifs is 1. The zero-order valence-electron chi connectivity index (χ0n) is 16.4. The number of carbonyl (C=O) groups excluding carboxylic acids is 2. The molecule has 2 saturated heterocycles. The highest BCUT2D eigenvalue weighted by atomic mass is 16.5. The lowest BCUT2D eigenvalue weighted by atomic mass is 9.77. The molecule has 4 atom stereocenters. The topological polar surface area (TPSA) is 58.6 Å². The first-order chi connectivity index (χ1) is 14.1. The Balaban J connectivity index is 1.32. The zero-order chi connectivity index (χ0) is 20.0. The number of benzene rings is 2. The van der Waals surface area contributed by atoms with Crippen LogP contribution in [-0.4, -0.2) is 35.0 Å². The fraction of sp³-hybridized carbons (Fsp3) is 0.333. The number of rotatable bonds is 5. The highest BCUT2D eigenvalue weighted by Crippen LogP contribution is 2.52. The van der Waals surface area contributed by atoms with Crippen LogP contribution in [0.4, 0.5) is 0 Å². The summed E-state index contributed by atoms with van der Waals surface area (Å²) in [5, 5.41) is 3.00. The van der Waals surface area contributed by atoms with E-state index in [1.807, 2.05) is 66.4 Å². The predicted octanol–water partition coefficient (Wildman–Crippen LogP) is 2.59. The fourth-order valence-electron chi connectivity index (χ4n) is 4.83. The highest BCUT2D eigenvalue weighted by Gasteiger charge is 2.66. The number of aryl methyl sites for hydroxylation is 1. The molecule has 3 aliphatic rings. The molecule has 0 unspecified atom stereocenters. The Bertz CT molecular complexity index is 969. The Morgan fingerprint density at radius 3 is 2.66 bits per heavy atom. The third kappa shape index (κ3) is 3.06. The molecule has 2 amide bonds. The first kappa shape index (κ1) is 18.1. The smallest absolute Gasteiger partial charge is 0.230 e. The summed E-state index contributed by atoms with van der Waals surface area (Å²) >= 11 is 0. The van der Waals surface area contributed by atoms with Gasteiger partial charge in [0, 0.05) is 13.1 Å². The van der Waals surface area contributed by atoms with Crippen LogP contribution in [0.15, 0.2) is 66.7 Å². The van der Waals surface area contributed by atoms with Crippen LogP contribution in [0.1, 0.15) is 16.7 Å². The molecule has 1 N–H and O–H groups in total. The van der Waals surface area contributed by atoms with Crippen molar-refractivity contribution >= 4 is 11.8 Å². The molecule has 2 aromatic rings. The van der Waals surface area contributed by atoms with Crippen molar-refractivity contribution < 1.29 is 14.3 Å². The van der Waals surface area contributed by atoms with Crippen LogP contribution in [0.25, 0.3) is 0 Å². The largest absolute Gasteiger partial charge is 0.360 e. The summed E-state index contributed by atoms with van der Waals surface area (Å²) in [6.45, 7) is 3.54. The van der Waals surface area contributed by atoms with E-state index in [1.165, 1.54) is 5.56 Å². The fourth-order valence-corrected chi connectivity index (χ4v) is 4.83. The number of nitrogens with one attached hydrogen (secondary N) is 1. The van der Waals surface area contributed by atoms with Crippen LogP contribution in [0.3, 0.4) is 0 Å². The van der Waals surface area contributed by atoms with Crippen LogP contribution in [0, 0.1) is 18.8 Å². The highest BCUT2D eigenvalue weighted by molar-refractivity contribution is 5.93. The Morgan fingerprint density at radius 2 is 1.90 bits per heavy atom. The van der Waals surface area contributed by atoms with Crippen LogP contribution in [0.2, 0.25) is 0 Å². The number of hydrogen-bond donors (Lipinski definition) is 1. The van der Waals surface area contributed by atoms with Crippen molar-refractivity contribution in [1.82, 2.24) is 10.2 Å². The predicted molar refractivity (Wildman–Crippen MR) is 109 cm³/mol. The first-order valence-electron chi connectivity index (χ1n) is 10.1. The van der Waals surface area contributed by atoms with Gasteiger partial charge in [-0.05, 0) is 18.1 Å². The minimum absolute atomic E-state index is 0.0114. The maximum atomic E-state index is 13.3. The van der Waals surface area contributed by atoms with Gasteiger partial charge in [0.1, 0.15) is 5.60 Å². The number of likely N-dealkylation sites (tertiary alicyclic amines) is 1. The Hall–Kier alpha value is -2.92. The Morgan fingerprint density at radius 1 is 1.14 bits per heavy atom. The molecular weight excluding hydrogens is 364 g/mol. The van der Waals surface area contributed by atoms with Crippen molar-refractivity contribution in [3.63, 3.8) is 0 Å². The van der Waals surface area contributed by atoms with Gasteiger partial charge < -0.3 is 15.0 Å². The van der Waals surface area contributed by atoms with Gasteiger partial charge in [0.2, 0.25) is 11.8 Å². The maximum Gasteiger partial charge on any atom is 0.230 e. The quantitative estimate of drug-likeness (QED) is 0.801. The standard InChI is InChI=1S/C24H24N2O3/c1-16-7-9-18(10-8-16)14-26-15-24-12-11-19(29-24)20(21(24)23(26)28)22(27)25-13-17-5-3-2-4-6-17/h2-12,19-21H,13-15H2,1H3,(H,25,27)/t19-,20+,21-,24+/m0/s1. The summed E-state index contributed by atoms with van der Waals surface area (Å²) in [7, 11) is 0. The van der Waals surface area contributed by atoms with E-state index in [9.17, 15) is 9.59 Å². The first-order valence-corrected chi connectivity index (χ1v) is 10.1. The number of ether oxygens (including phenoxy) is 1. The van der Waals surface area contributed by atoms with Crippen LogP contribution in [-0.2, 0) is 27.4 Å². The van der Waals surface area contributed by atoms with Gasteiger partial charge in [0.15, 0.2) is 0 Å². The molecule has 2 fully saturated rings. The van der Waals surface area contributed by atoms with Crippen molar-refractivity contribution in [2.45, 2.75) is 31.7 Å². The zero-order valence-corrected chi connectivity index (χ0v) is 16.4.